The molecule has 0 aromatic rings. The van der Waals surface area contributed by atoms with Crippen molar-refractivity contribution in [3.63, 3.8) is 0 Å². The predicted octanol–water partition coefficient (Wildman–Crippen LogP) is 6.23. The molecule has 0 aliphatic heterocycles. The third-order valence-electron chi connectivity index (χ3n) is 4.36. The van der Waals surface area contributed by atoms with Crippen molar-refractivity contribution in [2.75, 3.05) is 6.61 Å². The van der Waals surface area contributed by atoms with Crippen LogP contribution in [0.1, 0.15) is 60.3 Å². The normalized spacial score (nSPS) is 30.4. The Morgan fingerprint density at radius 3 is 2.38 bits per heavy atom. The van der Waals surface area contributed by atoms with E-state index in [9.17, 15) is 4.57 Å². The monoisotopic (exact) mass is 358 g/mol. The van der Waals surface area contributed by atoms with Gasteiger partial charge in [-0.15, -0.1) is 0 Å². The highest BCUT2D eigenvalue weighted by Gasteiger charge is 2.50. The summed E-state index contributed by atoms with van der Waals surface area (Å²) in [5.74, 6) is 1.40. The maximum absolute atomic E-state index is 13.1. The lowest BCUT2D eigenvalue weighted by molar-refractivity contribution is 0.0305. The molecule has 1 rings (SSSR count). The fraction of sp³-hybridized carbons (Fsp3) is 1.00. The van der Waals surface area contributed by atoms with Crippen molar-refractivity contribution in [1.29, 1.82) is 0 Å². The van der Waals surface area contributed by atoms with Gasteiger partial charge in [0.1, 0.15) is 0 Å². The molecule has 6 heteroatoms. The molecule has 0 amide bonds. The van der Waals surface area contributed by atoms with Crippen LogP contribution in [-0.2, 0) is 13.6 Å². The highest BCUT2D eigenvalue weighted by Crippen LogP contribution is 2.67. The van der Waals surface area contributed by atoms with Crippen LogP contribution in [-0.4, -0.2) is 16.8 Å². The molecule has 1 saturated carbocycles. The molecule has 1 aliphatic carbocycles. The van der Waals surface area contributed by atoms with E-state index in [0.29, 0.717) is 24.2 Å². The fourth-order valence-electron chi connectivity index (χ4n) is 2.98. The minimum atomic E-state index is -3.56. The molecular weight excluding hydrogens is 330 g/mol. The van der Waals surface area contributed by atoms with E-state index in [1.807, 2.05) is 0 Å². The van der Waals surface area contributed by atoms with Gasteiger partial charge in [0, 0.05) is 0 Å². The molecule has 1 fully saturated rings. The van der Waals surface area contributed by atoms with E-state index in [1.54, 1.807) is 13.8 Å². The highest BCUT2D eigenvalue weighted by atomic mass is 35.5. The van der Waals surface area contributed by atoms with Crippen LogP contribution in [0.15, 0.2) is 0 Å². The van der Waals surface area contributed by atoms with Gasteiger partial charge in [-0.25, -0.2) is 0 Å². The van der Waals surface area contributed by atoms with Crippen molar-refractivity contribution in [3.8, 4) is 0 Å². The zero-order valence-electron chi connectivity index (χ0n) is 13.8. The summed E-state index contributed by atoms with van der Waals surface area (Å²) in [4.78, 5) is 0. The summed E-state index contributed by atoms with van der Waals surface area (Å²) in [6.45, 7) is 10.4. The van der Waals surface area contributed by atoms with E-state index in [2.05, 4.69) is 20.8 Å². The summed E-state index contributed by atoms with van der Waals surface area (Å²) in [7, 11) is -3.56. The molecule has 4 atom stereocenters. The van der Waals surface area contributed by atoms with Gasteiger partial charge in [-0.2, -0.15) is 0 Å². The first-order valence-corrected chi connectivity index (χ1v) is 10.3. The second kappa shape index (κ2) is 8.02. The number of halogens is 2. The number of hydrogen-bond donors (Lipinski definition) is 0. The number of rotatable bonds is 7. The van der Waals surface area contributed by atoms with Gasteiger partial charge in [-0.05, 0) is 43.9 Å². The molecule has 0 spiro atoms. The first kappa shape index (κ1) is 19.8. The van der Waals surface area contributed by atoms with Crippen LogP contribution in [0.3, 0.4) is 0 Å². The van der Waals surface area contributed by atoms with Crippen LogP contribution in [0.4, 0.5) is 0 Å². The van der Waals surface area contributed by atoms with Crippen molar-refractivity contribution >= 4 is 30.8 Å². The lowest BCUT2D eigenvalue weighted by Crippen LogP contribution is -2.35. The quantitative estimate of drug-likeness (QED) is 0.399. The van der Waals surface area contributed by atoms with E-state index in [4.69, 9.17) is 32.2 Å². The Morgan fingerprint density at radius 2 is 1.90 bits per heavy atom. The summed E-state index contributed by atoms with van der Waals surface area (Å²) in [6, 6.07) is 0. The van der Waals surface area contributed by atoms with E-state index in [1.165, 1.54) is 6.42 Å². The molecule has 21 heavy (non-hydrogen) atoms. The molecule has 3 nitrogen and oxygen atoms in total. The van der Waals surface area contributed by atoms with Crippen LogP contribution in [0.2, 0.25) is 0 Å². The third kappa shape index (κ3) is 4.85. The van der Waals surface area contributed by atoms with Crippen molar-refractivity contribution in [2.45, 2.75) is 70.5 Å². The fourth-order valence-corrected chi connectivity index (χ4v) is 5.24. The first-order valence-electron chi connectivity index (χ1n) is 7.97. The smallest absolute Gasteiger partial charge is 0.307 e. The lowest BCUT2D eigenvalue weighted by Gasteiger charge is -2.40. The highest BCUT2D eigenvalue weighted by molar-refractivity contribution is 7.60. The average Bonchev–Trinajstić information content (AvgIpc) is 2.38. The largest absolute Gasteiger partial charge is 0.366 e. The number of alkyl halides is 2. The van der Waals surface area contributed by atoms with E-state index in [-0.39, 0.29) is 12.7 Å². The van der Waals surface area contributed by atoms with Gasteiger partial charge in [-0.1, -0.05) is 57.3 Å². The Balaban J connectivity index is 2.97. The van der Waals surface area contributed by atoms with Gasteiger partial charge in [0.25, 0.3) is 0 Å². The molecule has 126 valence electrons. The minimum absolute atomic E-state index is 0.102. The molecule has 1 aliphatic rings. The third-order valence-corrected chi connectivity index (χ3v) is 8.40. The lowest BCUT2D eigenvalue weighted by atomic mass is 9.75. The van der Waals surface area contributed by atoms with Gasteiger partial charge >= 0.3 is 7.60 Å². The summed E-state index contributed by atoms with van der Waals surface area (Å²) in [5, 5.41) is 0. The molecule has 0 N–H and O–H groups in total. The summed E-state index contributed by atoms with van der Waals surface area (Å²) >= 11 is 12.5. The Morgan fingerprint density at radius 1 is 1.29 bits per heavy atom. The first-order chi connectivity index (χ1) is 9.66. The topological polar surface area (TPSA) is 35.5 Å². The molecule has 0 saturated heterocycles. The van der Waals surface area contributed by atoms with Crippen LogP contribution in [0.5, 0.6) is 0 Å². The van der Waals surface area contributed by atoms with Crippen LogP contribution in [0.25, 0.3) is 0 Å². The van der Waals surface area contributed by atoms with Crippen molar-refractivity contribution in [3.05, 3.63) is 0 Å². The van der Waals surface area contributed by atoms with Crippen molar-refractivity contribution in [2.24, 2.45) is 17.8 Å². The predicted molar refractivity (Wildman–Crippen MR) is 90.2 cm³/mol. The maximum atomic E-state index is 13.1. The van der Waals surface area contributed by atoms with Gasteiger partial charge in [0.2, 0.25) is 4.07 Å². The Bertz CT molecular complexity index is 374. The van der Waals surface area contributed by atoms with Crippen LogP contribution >= 0.6 is 30.8 Å². The molecule has 0 radical (unpaired) electrons. The van der Waals surface area contributed by atoms with Gasteiger partial charge in [0.05, 0.1) is 12.7 Å². The molecule has 0 bridgehead atoms. The summed E-state index contributed by atoms with van der Waals surface area (Å²) in [5.41, 5.74) is 0. The van der Waals surface area contributed by atoms with Crippen LogP contribution < -0.4 is 0 Å². The second-order valence-electron chi connectivity index (χ2n) is 6.40. The zero-order chi connectivity index (χ0) is 16.3. The molecule has 1 unspecified atom stereocenters. The average molecular weight is 359 g/mol. The minimum Gasteiger partial charge on any atom is -0.307 e. The molecule has 0 aromatic carbocycles. The van der Waals surface area contributed by atoms with E-state index >= 15 is 0 Å². The molecule has 0 heterocycles. The Labute approximate surface area is 139 Å². The van der Waals surface area contributed by atoms with Gasteiger partial charge in [-0.3, -0.25) is 4.57 Å². The van der Waals surface area contributed by atoms with Crippen LogP contribution in [0, 0.1) is 17.8 Å². The van der Waals surface area contributed by atoms with Gasteiger partial charge in [0.15, 0.2) is 0 Å². The number of hydrogen-bond acceptors (Lipinski definition) is 3. The SMILES string of the molecule is CCOP(=O)(O[C@@H]1C[C@H](C)CC[C@H]1C(C)C)C(Cl)(Cl)CC. The van der Waals surface area contributed by atoms with E-state index in [0.717, 1.165) is 12.8 Å². The summed E-state index contributed by atoms with van der Waals surface area (Å²) in [6.07, 6.45) is 3.37. The second-order valence-corrected chi connectivity index (χ2v) is 10.6. The maximum Gasteiger partial charge on any atom is 0.366 e. The summed E-state index contributed by atoms with van der Waals surface area (Å²) < 4.78 is 23.0. The van der Waals surface area contributed by atoms with Crippen molar-refractivity contribution < 1.29 is 13.6 Å². The Kier molecular flexibility index (Phi) is 7.55. The molecular formula is C15H29Cl2O3P. The zero-order valence-corrected chi connectivity index (χ0v) is 16.2. The van der Waals surface area contributed by atoms with Gasteiger partial charge < -0.3 is 9.05 Å². The van der Waals surface area contributed by atoms with Crippen molar-refractivity contribution in [1.82, 2.24) is 0 Å². The van der Waals surface area contributed by atoms with E-state index < -0.39 is 11.7 Å². The standard InChI is InChI=1S/C15H29Cl2O3P/c1-6-15(16,17)21(18,19-7-2)20-14-10-12(5)8-9-13(14)11(3)4/h11-14H,6-10H2,1-5H3/t12-,13+,14-,21?/m1/s1. The molecule has 0 aromatic heterocycles. The Hall–Kier alpha value is 0.730.